The molecule has 9 aromatic carbocycles. The first-order chi connectivity index (χ1) is 31.3. The van der Waals surface area contributed by atoms with Crippen molar-refractivity contribution in [3.05, 3.63) is 224 Å². The van der Waals surface area contributed by atoms with Gasteiger partial charge in [-0.3, -0.25) is 8.80 Å². The van der Waals surface area contributed by atoms with E-state index in [4.69, 9.17) is 15.0 Å². The third kappa shape index (κ3) is 5.13. The second-order valence-electron chi connectivity index (χ2n) is 16.3. The summed E-state index contributed by atoms with van der Waals surface area (Å²) in [7, 11) is -3.03. The Morgan fingerprint density at radius 3 is 1.10 bits per heavy atom. The van der Waals surface area contributed by atoms with Crippen LogP contribution in [-0.4, -0.2) is 31.8 Å². The quantitative estimate of drug-likeness (QED) is 0.128. The SMILES string of the molecule is c1ccc([Si](c2ccccc2)(c2ccccc2)c2ccccc2-c2nc3nc(n2)n2c4ccccc4c4cccc(c5ccccc5c5cccc6c7ccccc7n3c56)c42)cc1. The van der Waals surface area contributed by atoms with Gasteiger partial charge in [0.15, 0.2) is 13.9 Å². The standard InChI is InChI=1S/C57H37N5Si/c1-4-20-38(21-5-1)63(39-22-6-2-7-23-39,40-24-8-3-9-25-40)52-37-17-14-30-49(52)55-58-56-60-57(59-55)62-51-36-16-13-29-44(51)48-34-19-32-46(54(48)62)42-27-11-10-26-41(42)45-31-18-33-47-43-28-12-15-35-50(43)61(56)53(45)47/h1-37H. The Labute approximate surface area is 363 Å². The van der Waals surface area contributed by atoms with Crippen LogP contribution < -0.4 is 20.7 Å². The Hall–Kier alpha value is -8.19. The average molecular weight is 820 g/mol. The average Bonchev–Trinajstić information content (AvgIpc) is 3.88. The summed E-state index contributed by atoms with van der Waals surface area (Å²) in [6.07, 6.45) is 0. The molecular weight excluding hydrogens is 783 g/mol. The molecule has 0 N–H and O–H groups in total. The van der Waals surface area contributed by atoms with Gasteiger partial charge >= 0.3 is 0 Å². The van der Waals surface area contributed by atoms with E-state index in [1.165, 1.54) is 20.7 Å². The smallest absolute Gasteiger partial charge is 0.240 e. The zero-order chi connectivity index (χ0) is 41.5. The van der Waals surface area contributed by atoms with Crippen LogP contribution in [0.4, 0.5) is 0 Å². The molecule has 0 saturated carbocycles. The topological polar surface area (TPSA) is 47.5 Å². The maximum atomic E-state index is 5.67. The lowest BCUT2D eigenvalue weighted by molar-refractivity contribution is 1.06. The molecule has 0 unspecified atom stereocenters. The van der Waals surface area contributed by atoms with E-state index in [0.717, 1.165) is 70.7 Å². The number of hydrogen-bond acceptors (Lipinski definition) is 3. The van der Waals surface area contributed by atoms with Crippen LogP contribution >= 0.6 is 0 Å². The first-order valence-corrected chi connectivity index (χ1v) is 23.5. The number of rotatable bonds is 5. The van der Waals surface area contributed by atoms with Crippen molar-refractivity contribution in [3.63, 3.8) is 0 Å². The van der Waals surface area contributed by atoms with Gasteiger partial charge in [-0.15, -0.1) is 0 Å². The molecule has 13 aromatic rings. The van der Waals surface area contributed by atoms with E-state index in [-0.39, 0.29) is 0 Å². The van der Waals surface area contributed by atoms with Crippen molar-refractivity contribution in [1.82, 2.24) is 23.8 Å². The van der Waals surface area contributed by atoms with E-state index >= 15 is 0 Å². The molecule has 2 bridgehead atoms. The molecule has 4 aromatic heterocycles. The number of nitrogens with zero attached hydrogens (tertiary/aromatic N) is 5. The summed E-state index contributed by atoms with van der Waals surface area (Å²) in [5.41, 5.74) is 5.18. The van der Waals surface area contributed by atoms with Crippen molar-refractivity contribution in [2.24, 2.45) is 0 Å². The molecule has 0 saturated heterocycles. The van der Waals surface area contributed by atoms with E-state index in [1.807, 2.05) is 0 Å². The fraction of sp³-hybridized carbons (Fsp3) is 0. The maximum Gasteiger partial charge on any atom is 0.240 e. The van der Waals surface area contributed by atoms with Gasteiger partial charge in [-0.1, -0.05) is 212 Å². The second kappa shape index (κ2) is 13.9. The second-order valence-corrected chi connectivity index (χ2v) is 20.1. The van der Waals surface area contributed by atoms with Crippen LogP contribution in [0.15, 0.2) is 224 Å². The van der Waals surface area contributed by atoms with E-state index in [1.54, 1.807) is 0 Å². The fourth-order valence-electron chi connectivity index (χ4n) is 10.6. The van der Waals surface area contributed by atoms with Gasteiger partial charge in [0.25, 0.3) is 0 Å². The van der Waals surface area contributed by atoms with Crippen LogP contribution in [0, 0.1) is 0 Å². The molecule has 13 rings (SSSR count). The zero-order valence-corrected chi connectivity index (χ0v) is 35.1. The molecule has 5 nitrogen and oxygen atoms in total. The van der Waals surface area contributed by atoms with Crippen molar-refractivity contribution in [3.8, 4) is 11.4 Å². The third-order valence-electron chi connectivity index (χ3n) is 13.1. The summed E-state index contributed by atoms with van der Waals surface area (Å²) in [5, 5.41) is 14.2. The van der Waals surface area contributed by atoms with Gasteiger partial charge < -0.3 is 0 Å². The summed E-state index contributed by atoms with van der Waals surface area (Å²) < 4.78 is 4.56. The molecule has 0 aliphatic carbocycles. The number of hydrogen-bond donors (Lipinski definition) is 0. The number of benzene rings is 9. The summed E-state index contributed by atoms with van der Waals surface area (Å²) >= 11 is 0. The molecule has 0 atom stereocenters. The van der Waals surface area contributed by atoms with Crippen LogP contribution in [0.2, 0.25) is 0 Å². The van der Waals surface area contributed by atoms with Crippen LogP contribution in [0.25, 0.3) is 88.1 Å². The molecule has 0 aliphatic rings. The van der Waals surface area contributed by atoms with Crippen LogP contribution in [0.3, 0.4) is 0 Å². The van der Waals surface area contributed by atoms with Crippen molar-refractivity contribution >= 4 is 106 Å². The minimum Gasteiger partial charge on any atom is -0.277 e. The van der Waals surface area contributed by atoms with Gasteiger partial charge in [0.1, 0.15) is 0 Å². The van der Waals surface area contributed by atoms with Crippen molar-refractivity contribution in [2.75, 3.05) is 0 Å². The van der Waals surface area contributed by atoms with Gasteiger partial charge in [-0.25, -0.2) is 0 Å². The molecule has 0 radical (unpaired) electrons. The van der Waals surface area contributed by atoms with E-state index in [9.17, 15) is 0 Å². The molecular formula is C57H37N5Si. The number of fused-ring (bicyclic) bond motifs is 13. The molecule has 0 fully saturated rings. The van der Waals surface area contributed by atoms with Crippen LogP contribution in [0.5, 0.6) is 0 Å². The Bertz CT molecular complexity index is 3700. The monoisotopic (exact) mass is 819 g/mol. The Kier molecular flexibility index (Phi) is 7.86. The molecule has 63 heavy (non-hydrogen) atoms. The van der Waals surface area contributed by atoms with E-state index in [0.29, 0.717) is 17.4 Å². The predicted octanol–water partition coefficient (Wildman–Crippen LogP) is 10.9. The highest BCUT2D eigenvalue weighted by atomic mass is 28.3. The zero-order valence-electron chi connectivity index (χ0n) is 34.1. The molecule has 0 aliphatic heterocycles. The normalized spacial score (nSPS) is 12.1. The lowest BCUT2D eigenvalue weighted by Gasteiger charge is -2.35. The highest BCUT2D eigenvalue weighted by Gasteiger charge is 2.43. The predicted molar refractivity (Wildman–Crippen MR) is 265 cm³/mol. The first kappa shape index (κ1) is 35.6. The Morgan fingerprint density at radius 1 is 0.286 bits per heavy atom. The van der Waals surface area contributed by atoms with Gasteiger partial charge in [0.05, 0.1) is 22.1 Å². The first-order valence-electron chi connectivity index (χ1n) is 21.5. The van der Waals surface area contributed by atoms with Gasteiger partial charge in [-0.05, 0) is 43.7 Å². The maximum absolute atomic E-state index is 5.67. The molecule has 0 amide bonds. The van der Waals surface area contributed by atoms with E-state index < -0.39 is 8.07 Å². The summed E-state index contributed by atoms with van der Waals surface area (Å²) in [6.45, 7) is 0. The molecule has 0 spiro atoms. The lowest BCUT2D eigenvalue weighted by atomic mass is 10.0. The fourth-order valence-corrected chi connectivity index (χ4v) is 15.5. The number of aromatic nitrogens is 5. The third-order valence-corrected chi connectivity index (χ3v) is 17.9. The van der Waals surface area contributed by atoms with Gasteiger partial charge in [-0.2, -0.15) is 15.0 Å². The van der Waals surface area contributed by atoms with Gasteiger partial charge in [0, 0.05) is 37.9 Å². The van der Waals surface area contributed by atoms with Crippen LogP contribution in [0.1, 0.15) is 0 Å². The lowest BCUT2D eigenvalue weighted by Crippen LogP contribution is -2.75. The molecule has 6 heteroatoms. The number of para-hydroxylation sites is 4. The van der Waals surface area contributed by atoms with Crippen molar-refractivity contribution in [1.29, 1.82) is 0 Å². The van der Waals surface area contributed by atoms with Crippen LogP contribution in [-0.2, 0) is 0 Å². The van der Waals surface area contributed by atoms with Crippen molar-refractivity contribution in [2.45, 2.75) is 0 Å². The Morgan fingerprint density at radius 2 is 0.635 bits per heavy atom. The van der Waals surface area contributed by atoms with Gasteiger partial charge in [0.2, 0.25) is 11.6 Å². The summed E-state index contributed by atoms with van der Waals surface area (Å²) in [6, 6.07) is 81.5. The minimum absolute atomic E-state index is 0.567. The van der Waals surface area contributed by atoms with Crippen molar-refractivity contribution < 1.29 is 0 Å². The highest BCUT2D eigenvalue weighted by molar-refractivity contribution is 7.20. The minimum atomic E-state index is -3.03. The highest BCUT2D eigenvalue weighted by Crippen LogP contribution is 2.38. The summed E-state index contributed by atoms with van der Waals surface area (Å²) in [5.74, 6) is 1.75. The molecule has 4 heterocycles. The summed E-state index contributed by atoms with van der Waals surface area (Å²) in [4.78, 5) is 16.9. The van der Waals surface area contributed by atoms with E-state index in [2.05, 4.69) is 233 Å². The largest absolute Gasteiger partial charge is 0.277 e. The Balaban J connectivity index is 1.30. The molecule has 294 valence electrons.